The number of carbonyl (C=O) groups is 2. The fraction of sp³-hybridized carbons (Fsp3) is 0.429. The fourth-order valence-electron chi connectivity index (χ4n) is 2.24. The van der Waals surface area contributed by atoms with Crippen LogP contribution in [0, 0.1) is 12.8 Å². The summed E-state index contributed by atoms with van der Waals surface area (Å²) >= 11 is 6.01. The number of carboxylic acids is 1. The largest absolute Gasteiger partial charge is 0.481 e. The van der Waals surface area contributed by atoms with Crippen molar-refractivity contribution in [1.82, 2.24) is 4.90 Å². The first-order valence-corrected chi connectivity index (χ1v) is 6.90. The van der Waals surface area contributed by atoms with Crippen LogP contribution in [0.3, 0.4) is 0 Å². The van der Waals surface area contributed by atoms with Crippen molar-refractivity contribution in [2.24, 2.45) is 5.92 Å². The third kappa shape index (κ3) is 3.42. The number of anilines is 1. The van der Waals surface area contributed by atoms with Gasteiger partial charge in [-0.15, -0.1) is 0 Å². The Balaban J connectivity index is 2.00. The van der Waals surface area contributed by atoms with Crippen LogP contribution in [0.15, 0.2) is 18.2 Å². The molecule has 1 aromatic rings. The van der Waals surface area contributed by atoms with Crippen molar-refractivity contribution in [3.8, 4) is 0 Å². The standard InChI is InChI=1S/C14H17ClN2O3/c1-9-4-5-11(7-12(9)15)16-14(20)17-6-2-3-10(8-17)13(18)19/h4-5,7,10H,2-3,6,8H2,1H3,(H,16,20)(H,18,19). The van der Waals surface area contributed by atoms with Gasteiger partial charge in [0.15, 0.2) is 0 Å². The summed E-state index contributed by atoms with van der Waals surface area (Å²) in [5.74, 6) is -1.32. The number of benzene rings is 1. The van der Waals surface area contributed by atoms with Crippen LogP contribution in [-0.2, 0) is 4.79 Å². The minimum absolute atomic E-state index is 0.251. The molecule has 1 atom stereocenters. The molecule has 0 aliphatic carbocycles. The van der Waals surface area contributed by atoms with Crippen molar-refractivity contribution >= 4 is 29.3 Å². The fourth-order valence-corrected chi connectivity index (χ4v) is 2.42. The molecule has 0 radical (unpaired) electrons. The predicted octanol–water partition coefficient (Wildman–Crippen LogP) is 2.98. The smallest absolute Gasteiger partial charge is 0.321 e. The second kappa shape index (κ2) is 6.13. The van der Waals surface area contributed by atoms with Gasteiger partial charge in [0.05, 0.1) is 5.92 Å². The van der Waals surface area contributed by atoms with Gasteiger partial charge in [-0.2, -0.15) is 0 Å². The van der Waals surface area contributed by atoms with Gasteiger partial charge in [0.1, 0.15) is 0 Å². The number of rotatable bonds is 2. The van der Waals surface area contributed by atoms with Gasteiger partial charge in [0, 0.05) is 23.8 Å². The Morgan fingerprint density at radius 2 is 2.20 bits per heavy atom. The van der Waals surface area contributed by atoms with E-state index in [1.165, 1.54) is 4.90 Å². The number of carbonyl (C=O) groups excluding carboxylic acids is 1. The molecule has 2 N–H and O–H groups in total. The third-order valence-corrected chi connectivity index (χ3v) is 3.89. The van der Waals surface area contributed by atoms with E-state index in [2.05, 4.69) is 5.32 Å². The zero-order valence-corrected chi connectivity index (χ0v) is 12.0. The minimum atomic E-state index is -0.846. The Morgan fingerprint density at radius 1 is 1.45 bits per heavy atom. The highest BCUT2D eigenvalue weighted by molar-refractivity contribution is 6.31. The number of urea groups is 1. The van der Waals surface area contributed by atoms with Crippen molar-refractivity contribution in [3.63, 3.8) is 0 Å². The molecule has 1 fully saturated rings. The van der Waals surface area contributed by atoms with E-state index in [4.69, 9.17) is 16.7 Å². The van der Waals surface area contributed by atoms with Crippen LogP contribution in [0.25, 0.3) is 0 Å². The molecule has 0 bridgehead atoms. The molecule has 1 saturated heterocycles. The minimum Gasteiger partial charge on any atom is -0.481 e. The van der Waals surface area contributed by atoms with Gasteiger partial charge in [-0.25, -0.2) is 4.79 Å². The van der Waals surface area contributed by atoms with Crippen molar-refractivity contribution in [2.45, 2.75) is 19.8 Å². The summed E-state index contributed by atoms with van der Waals surface area (Å²) in [6.45, 7) is 2.71. The van der Waals surface area contributed by atoms with Gasteiger partial charge in [-0.3, -0.25) is 4.79 Å². The first-order chi connectivity index (χ1) is 9.47. The lowest BCUT2D eigenvalue weighted by Crippen LogP contribution is -2.44. The summed E-state index contributed by atoms with van der Waals surface area (Å²) in [6.07, 6.45) is 1.33. The van der Waals surface area contributed by atoms with Crippen LogP contribution in [0.2, 0.25) is 5.02 Å². The van der Waals surface area contributed by atoms with Gasteiger partial charge in [0.2, 0.25) is 0 Å². The summed E-state index contributed by atoms with van der Waals surface area (Å²) < 4.78 is 0. The van der Waals surface area contributed by atoms with E-state index in [1.54, 1.807) is 12.1 Å². The average Bonchev–Trinajstić information content (AvgIpc) is 2.43. The van der Waals surface area contributed by atoms with Gasteiger partial charge in [-0.1, -0.05) is 17.7 Å². The van der Waals surface area contributed by atoms with Gasteiger partial charge >= 0.3 is 12.0 Å². The quantitative estimate of drug-likeness (QED) is 0.881. The number of aliphatic carboxylic acids is 1. The Bertz CT molecular complexity index is 533. The summed E-state index contributed by atoms with van der Waals surface area (Å²) in [5, 5.41) is 12.4. The number of hydrogen-bond acceptors (Lipinski definition) is 2. The SMILES string of the molecule is Cc1ccc(NC(=O)N2CCCC(C(=O)O)C2)cc1Cl. The molecule has 0 spiro atoms. The highest BCUT2D eigenvalue weighted by Gasteiger charge is 2.28. The molecule has 0 saturated carbocycles. The van der Waals surface area contributed by atoms with Crippen LogP contribution in [0.5, 0.6) is 0 Å². The van der Waals surface area contributed by atoms with E-state index >= 15 is 0 Å². The normalized spacial score (nSPS) is 18.7. The van der Waals surface area contributed by atoms with E-state index < -0.39 is 11.9 Å². The van der Waals surface area contributed by atoms with Crippen LogP contribution in [0.4, 0.5) is 10.5 Å². The molecule has 1 aromatic carbocycles. The predicted molar refractivity (Wildman–Crippen MR) is 77.1 cm³/mol. The zero-order valence-electron chi connectivity index (χ0n) is 11.2. The van der Waals surface area contributed by atoms with Crippen LogP contribution >= 0.6 is 11.6 Å². The monoisotopic (exact) mass is 296 g/mol. The van der Waals surface area contributed by atoms with E-state index in [-0.39, 0.29) is 12.6 Å². The lowest BCUT2D eigenvalue weighted by atomic mass is 9.99. The Kier molecular flexibility index (Phi) is 4.49. The highest BCUT2D eigenvalue weighted by Crippen LogP contribution is 2.21. The van der Waals surface area contributed by atoms with E-state index in [1.807, 2.05) is 13.0 Å². The Morgan fingerprint density at radius 3 is 2.85 bits per heavy atom. The molecular weight excluding hydrogens is 280 g/mol. The maximum absolute atomic E-state index is 12.1. The third-order valence-electron chi connectivity index (χ3n) is 3.48. The number of carboxylic acid groups (broad SMARTS) is 1. The number of nitrogens with one attached hydrogen (secondary N) is 1. The molecule has 1 unspecified atom stereocenters. The lowest BCUT2D eigenvalue weighted by molar-refractivity contribution is -0.143. The zero-order chi connectivity index (χ0) is 14.7. The van der Waals surface area contributed by atoms with Crippen molar-refractivity contribution in [2.75, 3.05) is 18.4 Å². The molecule has 2 rings (SSSR count). The maximum Gasteiger partial charge on any atom is 0.321 e. The first kappa shape index (κ1) is 14.7. The average molecular weight is 297 g/mol. The second-order valence-electron chi connectivity index (χ2n) is 5.02. The molecular formula is C14H17ClN2O3. The van der Waals surface area contributed by atoms with E-state index in [0.717, 1.165) is 5.56 Å². The Hall–Kier alpha value is -1.75. The first-order valence-electron chi connectivity index (χ1n) is 6.52. The highest BCUT2D eigenvalue weighted by atomic mass is 35.5. The van der Waals surface area contributed by atoms with E-state index in [0.29, 0.717) is 30.1 Å². The molecule has 20 heavy (non-hydrogen) atoms. The topological polar surface area (TPSA) is 69.6 Å². The second-order valence-corrected chi connectivity index (χ2v) is 5.42. The molecule has 108 valence electrons. The number of likely N-dealkylation sites (tertiary alicyclic amines) is 1. The van der Waals surface area contributed by atoms with Gasteiger partial charge in [-0.05, 0) is 37.5 Å². The lowest BCUT2D eigenvalue weighted by Gasteiger charge is -2.30. The molecule has 1 heterocycles. The molecule has 1 aliphatic heterocycles. The number of hydrogen-bond donors (Lipinski definition) is 2. The van der Waals surface area contributed by atoms with Gasteiger partial charge < -0.3 is 15.3 Å². The molecule has 2 amide bonds. The maximum atomic E-state index is 12.1. The van der Waals surface area contributed by atoms with Crippen molar-refractivity contribution < 1.29 is 14.7 Å². The molecule has 1 aliphatic rings. The summed E-state index contributed by atoms with van der Waals surface area (Å²) in [6, 6.07) is 5.01. The molecule has 0 aromatic heterocycles. The van der Waals surface area contributed by atoms with Crippen molar-refractivity contribution in [1.29, 1.82) is 0 Å². The van der Waals surface area contributed by atoms with Crippen molar-refractivity contribution in [3.05, 3.63) is 28.8 Å². The summed E-state index contributed by atoms with van der Waals surface area (Å²) in [7, 11) is 0. The number of halogens is 1. The van der Waals surface area contributed by atoms with E-state index in [9.17, 15) is 9.59 Å². The van der Waals surface area contributed by atoms with Gasteiger partial charge in [0.25, 0.3) is 0 Å². The number of piperidine rings is 1. The molecule has 5 nitrogen and oxygen atoms in total. The van der Waals surface area contributed by atoms with Crippen LogP contribution in [-0.4, -0.2) is 35.1 Å². The Labute approximate surface area is 122 Å². The summed E-state index contributed by atoms with van der Waals surface area (Å²) in [5.41, 5.74) is 1.55. The number of aryl methyl sites for hydroxylation is 1. The molecule has 6 heteroatoms. The summed E-state index contributed by atoms with van der Waals surface area (Å²) in [4.78, 5) is 24.6. The number of nitrogens with zero attached hydrogens (tertiary/aromatic N) is 1. The van der Waals surface area contributed by atoms with Crippen LogP contribution in [0.1, 0.15) is 18.4 Å². The number of amides is 2. The van der Waals surface area contributed by atoms with Crippen LogP contribution < -0.4 is 5.32 Å².